The van der Waals surface area contributed by atoms with Crippen LogP contribution in [0.5, 0.6) is 0 Å². The Hall–Kier alpha value is -2.17. The van der Waals surface area contributed by atoms with Gasteiger partial charge in [0.15, 0.2) is 11.4 Å². The van der Waals surface area contributed by atoms with E-state index in [1.165, 1.54) is 5.56 Å². The van der Waals surface area contributed by atoms with Gasteiger partial charge in [-0.3, -0.25) is 4.79 Å². The van der Waals surface area contributed by atoms with E-state index in [2.05, 4.69) is 17.0 Å². The van der Waals surface area contributed by atoms with E-state index in [-0.39, 0.29) is 17.1 Å². The van der Waals surface area contributed by atoms with Crippen LogP contribution in [-0.2, 0) is 16.6 Å². The molecule has 0 spiro atoms. The van der Waals surface area contributed by atoms with Crippen molar-refractivity contribution in [2.24, 2.45) is 11.3 Å². The largest absolute Gasteiger partial charge is 0.515 e. The molecule has 0 amide bonds. The van der Waals surface area contributed by atoms with Gasteiger partial charge in [-0.1, -0.05) is 20.8 Å². The first-order chi connectivity index (χ1) is 10.9. The minimum absolute atomic E-state index is 0.0664. The monoisotopic (exact) mass is 311 g/mol. The molecule has 2 aliphatic carbocycles. The fourth-order valence-corrected chi connectivity index (χ4v) is 5.00. The molecular formula is C18H21N3O2. The molecule has 5 nitrogen and oxygen atoms in total. The number of rotatable bonds is 0. The van der Waals surface area contributed by atoms with Gasteiger partial charge in [-0.15, -0.1) is 0 Å². The maximum Gasteiger partial charge on any atom is 0.167 e. The van der Waals surface area contributed by atoms with Gasteiger partial charge in [0.05, 0.1) is 18.2 Å². The molecule has 2 aromatic rings. The Kier molecular flexibility index (Phi) is 2.78. The second-order valence-electron chi connectivity index (χ2n) is 7.62. The van der Waals surface area contributed by atoms with Crippen molar-refractivity contribution < 1.29 is 9.90 Å². The number of carbonyl (C=O) groups is 1. The number of carbonyl (C=O) groups excluding carboxylic acids is 1. The maximum absolute atomic E-state index is 12.7. The highest BCUT2D eigenvalue weighted by Gasteiger charge is 2.56. The second kappa shape index (κ2) is 4.43. The lowest BCUT2D eigenvalue weighted by atomic mass is 9.50. The lowest BCUT2D eigenvalue weighted by Crippen LogP contribution is -2.54. The summed E-state index contributed by atoms with van der Waals surface area (Å²) >= 11 is 0. The van der Waals surface area contributed by atoms with Crippen molar-refractivity contribution in [2.75, 3.05) is 0 Å². The molecule has 0 aliphatic heterocycles. The van der Waals surface area contributed by atoms with E-state index < -0.39 is 5.41 Å². The zero-order valence-electron chi connectivity index (χ0n) is 13.7. The Morgan fingerprint density at radius 1 is 1.39 bits per heavy atom. The molecule has 5 heteroatoms. The van der Waals surface area contributed by atoms with Crippen molar-refractivity contribution in [3.63, 3.8) is 0 Å². The highest BCUT2D eigenvalue weighted by Crippen LogP contribution is 2.56. The Labute approximate surface area is 135 Å². The predicted octanol–water partition coefficient (Wildman–Crippen LogP) is 2.99. The molecular weight excluding hydrogens is 290 g/mol. The molecule has 0 radical (unpaired) electrons. The van der Waals surface area contributed by atoms with Crippen LogP contribution < -0.4 is 0 Å². The average Bonchev–Trinajstić information content (AvgIpc) is 2.99. The van der Waals surface area contributed by atoms with Crippen LogP contribution in [0, 0.1) is 11.3 Å². The van der Waals surface area contributed by atoms with Gasteiger partial charge in [0.2, 0.25) is 0 Å². The third-order valence-electron chi connectivity index (χ3n) is 5.97. The fraction of sp³-hybridized carbons (Fsp3) is 0.500. The number of hydrogen-bond donors (Lipinski definition) is 1. The number of aliphatic hydroxyl groups excluding tert-OH is 1. The van der Waals surface area contributed by atoms with Crippen molar-refractivity contribution in [1.29, 1.82) is 0 Å². The summed E-state index contributed by atoms with van der Waals surface area (Å²) in [6, 6.07) is 1.90. The SMILES string of the molecule is CC1(C)C(=O)/C(=C\O)C[C@]2(C)c3c(cnc4ccnn34)CC[C@@H]12. The molecule has 0 saturated heterocycles. The zero-order chi connectivity index (χ0) is 16.4. The van der Waals surface area contributed by atoms with Gasteiger partial charge in [-0.05, 0) is 30.7 Å². The van der Waals surface area contributed by atoms with Crippen molar-refractivity contribution in [3.8, 4) is 0 Å². The zero-order valence-corrected chi connectivity index (χ0v) is 13.7. The van der Waals surface area contributed by atoms with Crippen molar-refractivity contribution in [3.05, 3.63) is 41.6 Å². The van der Waals surface area contributed by atoms with E-state index in [4.69, 9.17) is 0 Å². The van der Waals surface area contributed by atoms with Crippen LogP contribution in [0.4, 0.5) is 0 Å². The van der Waals surface area contributed by atoms with Crippen molar-refractivity contribution in [1.82, 2.24) is 14.6 Å². The molecule has 2 aliphatic rings. The van der Waals surface area contributed by atoms with E-state index in [1.54, 1.807) is 6.20 Å². The van der Waals surface area contributed by atoms with E-state index in [9.17, 15) is 9.90 Å². The summed E-state index contributed by atoms with van der Waals surface area (Å²) < 4.78 is 1.92. The molecule has 1 N–H and O–H groups in total. The highest BCUT2D eigenvalue weighted by molar-refractivity contribution is 6.01. The van der Waals surface area contributed by atoms with Crippen molar-refractivity contribution in [2.45, 2.75) is 45.4 Å². The highest BCUT2D eigenvalue weighted by atomic mass is 16.2. The summed E-state index contributed by atoms with van der Waals surface area (Å²) in [7, 11) is 0. The standard InChI is InChI=1S/C18H21N3O2/c1-17(2)13-5-4-11-9-19-14-6-7-20-21(14)15(11)18(13,3)8-12(10-22)16(17)23/h6-7,9-10,13,22H,4-5,8H2,1-3H3/b12-10-/t13-,18-/m0/s1. The van der Waals surface area contributed by atoms with Crippen LogP contribution in [0.2, 0.25) is 0 Å². The summed E-state index contributed by atoms with van der Waals surface area (Å²) in [5, 5.41) is 14.1. The first-order valence-corrected chi connectivity index (χ1v) is 8.10. The average molecular weight is 311 g/mol. The van der Waals surface area contributed by atoms with Crippen LogP contribution in [0.3, 0.4) is 0 Å². The van der Waals surface area contributed by atoms with Crippen LogP contribution in [0.1, 0.15) is 44.9 Å². The lowest BCUT2D eigenvalue weighted by molar-refractivity contribution is -0.131. The number of allylic oxidation sites excluding steroid dienone is 1. The molecule has 0 aromatic carbocycles. The number of nitrogens with zero attached hydrogens (tertiary/aromatic N) is 3. The van der Waals surface area contributed by atoms with Crippen LogP contribution in [-0.4, -0.2) is 25.5 Å². The number of aliphatic hydroxyl groups is 1. The number of aryl methyl sites for hydroxylation is 1. The second-order valence-corrected chi connectivity index (χ2v) is 7.62. The lowest BCUT2D eigenvalue weighted by Gasteiger charge is -2.53. The number of hydrogen-bond acceptors (Lipinski definition) is 4. The Morgan fingerprint density at radius 3 is 2.91 bits per heavy atom. The molecule has 4 rings (SSSR count). The van der Waals surface area contributed by atoms with Gasteiger partial charge in [-0.2, -0.15) is 5.10 Å². The number of fused-ring (bicyclic) bond motifs is 5. The molecule has 2 atom stereocenters. The van der Waals surface area contributed by atoms with Crippen LogP contribution >= 0.6 is 0 Å². The summed E-state index contributed by atoms with van der Waals surface area (Å²) in [6.07, 6.45) is 7.11. The van der Waals surface area contributed by atoms with Gasteiger partial charge >= 0.3 is 0 Å². The van der Waals surface area contributed by atoms with E-state index in [1.807, 2.05) is 30.6 Å². The van der Waals surface area contributed by atoms with E-state index >= 15 is 0 Å². The van der Waals surface area contributed by atoms with E-state index in [0.717, 1.165) is 30.4 Å². The van der Waals surface area contributed by atoms with Crippen LogP contribution in [0.15, 0.2) is 30.3 Å². The van der Waals surface area contributed by atoms with Gasteiger partial charge < -0.3 is 5.11 Å². The molecule has 2 aromatic heterocycles. The molecule has 1 fully saturated rings. The number of ketones is 1. The summed E-state index contributed by atoms with van der Waals surface area (Å²) in [4.78, 5) is 17.2. The number of Topliss-reactive ketones (excluding diaryl/α,β-unsaturated/α-hetero) is 1. The van der Waals surface area contributed by atoms with Crippen molar-refractivity contribution >= 4 is 11.4 Å². The van der Waals surface area contributed by atoms with Crippen LogP contribution in [0.25, 0.3) is 5.65 Å². The van der Waals surface area contributed by atoms with Gasteiger partial charge in [0, 0.05) is 28.7 Å². The smallest absolute Gasteiger partial charge is 0.167 e. The fourth-order valence-electron chi connectivity index (χ4n) is 5.00. The summed E-state index contributed by atoms with van der Waals surface area (Å²) in [6.45, 7) is 6.22. The first kappa shape index (κ1) is 14.4. The minimum Gasteiger partial charge on any atom is -0.515 e. The Balaban J connectivity index is 2.01. The summed E-state index contributed by atoms with van der Waals surface area (Å²) in [5.74, 6) is 0.283. The molecule has 120 valence electrons. The minimum atomic E-state index is -0.498. The third kappa shape index (κ3) is 1.70. The molecule has 0 unspecified atom stereocenters. The predicted molar refractivity (Wildman–Crippen MR) is 86.3 cm³/mol. The quantitative estimate of drug-likeness (QED) is 0.600. The third-order valence-corrected chi connectivity index (χ3v) is 5.97. The molecule has 2 heterocycles. The Bertz CT molecular complexity index is 849. The van der Waals surface area contributed by atoms with Gasteiger partial charge in [-0.25, -0.2) is 9.50 Å². The normalized spacial score (nSPS) is 31.2. The number of aromatic nitrogens is 3. The van der Waals surface area contributed by atoms with Gasteiger partial charge in [0.1, 0.15) is 0 Å². The van der Waals surface area contributed by atoms with Gasteiger partial charge in [0.25, 0.3) is 0 Å². The summed E-state index contributed by atoms with van der Waals surface area (Å²) in [5.41, 5.74) is 2.94. The maximum atomic E-state index is 12.7. The molecule has 1 saturated carbocycles. The van der Waals surface area contributed by atoms with E-state index in [0.29, 0.717) is 12.0 Å². The molecule has 23 heavy (non-hydrogen) atoms. The molecule has 0 bridgehead atoms. The Morgan fingerprint density at radius 2 is 2.17 bits per heavy atom. The first-order valence-electron chi connectivity index (χ1n) is 8.10. The topological polar surface area (TPSA) is 67.5 Å².